The topological polar surface area (TPSA) is 26.7 Å². The maximum absolute atomic E-state index is 10.2. The van der Waals surface area contributed by atoms with Crippen LogP contribution < -0.4 is 0 Å². The van der Waals surface area contributed by atoms with Crippen molar-refractivity contribution in [1.82, 2.24) is 9.80 Å². The largest absolute Gasteiger partial charge is 0.387 e. The van der Waals surface area contributed by atoms with Crippen molar-refractivity contribution in [2.45, 2.75) is 12.5 Å². The number of benzene rings is 1. The van der Waals surface area contributed by atoms with E-state index in [9.17, 15) is 5.11 Å². The minimum atomic E-state index is -0.379. The number of nitrogens with zero attached hydrogens (tertiary/aromatic N) is 2. The molecular weight excluding hydrogens is 224 g/mol. The van der Waals surface area contributed by atoms with Crippen LogP contribution in [-0.4, -0.2) is 55.2 Å². The summed E-state index contributed by atoms with van der Waals surface area (Å²) in [5.41, 5.74) is 1.01. The fourth-order valence-electron chi connectivity index (χ4n) is 2.77. The molecule has 0 aliphatic carbocycles. The predicted molar refractivity (Wildman–Crippen MR) is 74.5 cm³/mol. The average Bonchev–Trinajstić information content (AvgIpc) is 2.75. The molecule has 0 bridgehead atoms. The number of hydrogen-bond donors (Lipinski definition) is 1. The Labute approximate surface area is 110 Å². The Morgan fingerprint density at radius 1 is 1.39 bits per heavy atom. The molecule has 2 atom stereocenters. The van der Waals surface area contributed by atoms with E-state index < -0.39 is 0 Å². The zero-order valence-corrected chi connectivity index (χ0v) is 11.4. The first-order valence-electron chi connectivity index (χ1n) is 6.75. The lowest BCUT2D eigenvalue weighted by atomic mass is 10.1. The number of rotatable bonds is 5. The lowest BCUT2D eigenvalue weighted by molar-refractivity contribution is 0.119. The van der Waals surface area contributed by atoms with Gasteiger partial charge in [-0.15, -0.1) is 0 Å². The third-order valence-electron chi connectivity index (χ3n) is 3.73. The van der Waals surface area contributed by atoms with E-state index in [1.54, 1.807) is 0 Å². The molecule has 100 valence electrons. The van der Waals surface area contributed by atoms with Gasteiger partial charge in [0.25, 0.3) is 0 Å². The summed E-state index contributed by atoms with van der Waals surface area (Å²) in [6.45, 7) is 4.18. The highest BCUT2D eigenvalue weighted by Gasteiger charge is 2.21. The van der Waals surface area contributed by atoms with E-state index in [0.29, 0.717) is 6.54 Å². The van der Waals surface area contributed by atoms with E-state index >= 15 is 0 Å². The highest BCUT2D eigenvalue weighted by atomic mass is 16.3. The van der Waals surface area contributed by atoms with Crippen LogP contribution in [0.5, 0.6) is 0 Å². The van der Waals surface area contributed by atoms with Crippen LogP contribution in [0.4, 0.5) is 0 Å². The molecule has 1 N–H and O–H groups in total. The standard InChI is InChI=1S/C15H24N2O/c1-16-9-8-13(10-16)11-17(2)12-15(18)14-6-4-3-5-7-14/h3-7,13,15,18H,8-12H2,1-2H3. The fourth-order valence-corrected chi connectivity index (χ4v) is 2.77. The quantitative estimate of drug-likeness (QED) is 0.857. The monoisotopic (exact) mass is 248 g/mol. The van der Waals surface area contributed by atoms with Gasteiger partial charge >= 0.3 is 0 Å². The van der Waals surface area contributed by atoms with Gasteiger partial charge in [-0.2, -0.15) is 0 Å². The van der Waals surface area contributed by atoms with Crippen LogP contribution in [0.2, 0.25) is 0 Å². The molecular formula is C15H24N2O. The van der Waals surface area contributed by atoms with Gasteiger partial charge in [0.1, 0.15) is 0 Å². The van der Waals surface area contributed by atoms with E-state index in [1.165, 1.54) is 19.5 Å². The Morgan fingerprint density at radius 2 is 2.11 bits per heavy atom. The summed E-state index contributed by atoms with van der Waals surface area (Å²) in [6.07, 6.45) is 0.901. The first kappa shape index (κ1) is 13.5. The Kier molecular flexibility index (Phi) is 4.75. The number of aliphatic hydroxyl groups excluding tert-OH is 1. The molecule has 2 rings (SSSR count). The van der Waals surface area contributed by atoms with Crippen LogP contribution in [0.15, 0.2) is 30.3 Å². The van der Waals surface area contributed by atoms with Crippen molar-refractivity contribution in [3.05, 3.63) is 35.9 Å². The Bertz CT molecular complexity index is 355. The SMILES string of the molecule is CN1CCC(CN(C)CC(O)c2ccccc2)C1. The van der Waals surface area contributed by atoms with Crippen molar-refractivity contribution in [3.8, 4) is 0 Å². The minimum Gasteiger partial charge on any atom is -0.387 e. The van der Waals surface area contributed by atoms with E-state index in [1.807, 2.05) is 30.3 Å². The molecule has 1 aliphatic heterocycles. The van der Waals surface area contributed by atoms with E-state index in [0.717, 1.165) is 18.0 Å². The molecule has 0 radical (unpaired) electrons. The smallest absolute Gasteiger partial charge is 0.0916 e. The zero-order chi connectivity index (χ0) is 13.0. The Morgan fingerprint density at radius 3 is 2.72 bits per heavy atom. The van der Waals surface area contributed by atoms with Crippen molar-refractivity contribution >= 4 is 0 Å². The van der Waals surface area contributed by atoms with Gasteiger partial charge in [-0.25, -0.2) is 0 Å². The molecule has 1 aromatic rings. The van der Waals surface area contributed by atoms with Crippen LogP contribution in [-0.2, 0) is 0 Å². The molecule has 0 spiro atoms. The Hall–Kier alpha value is -0.900. The molecule has 1 saturated heterocycles. The van der Waals surface area contributed by atoms with Gasteiger partial charge in [-0.05, 0) is 38.5 Å². The molecule has 2 unspecified atom stereocenters. The van der Waals surface area contributed by atoms with Crippen LogP contribution in [0.25, 0.3) is 0 Å². The maximum Gasteiger partial charge on any atom is 0.0916 e. The van der Waals surface area contributed by atoms with Crippen molar-refractivity contribution in [1.29, 1.82) is 0 Å². The highest BCUT2D eigenvalue weighted by molar-refractivity contribution is 5.17. The predicted octanol–water partition coefficient (Wildman–Crippen LogP) is 1.60. The van der Waals surface area contributed by atoms with Crippen molar-refractivity contribution in [2.75, 3.05) is 40.3 Å². The minimum absolute atomic E-state index is 0.379. The second kappa shape index (κ2) is 6.32. The van der Waals surface area contributed by atoms with Crippen molar-refractivity contribution in [3.63, 3.8) is 0 Å². The first-order chi connectivity index (χ1) is 8.65. The summed E-state index contributed by atoms with van der Waals surface area (Å²) in [6, 6.07) is 9.91. The molecule has 0 saturated carbocycles. The van der Waals surface area contributed by atoms with Crippen LogP contribution >= 0.6 is 0 Å². The summed E-state index contributed by atoms with van der Waals surface area (Å²) >= 11 is 0. The van der Waals surface area contributed by atoms with Gasteiger partial charge in [-0.1, -0.05) is 30.3 Å². The van der Waals surface area contributed by atoms with Crippen LogP contribution in [0, 0.1) is 5.92 Å². The van der Waals surface area contributed by atoms with Gasteiger partial charge in [0.2, 0.25) is 0 Å². The average molecular weight is 248 g/mol. The van der Waals surface area contributed by atoms with E-state index in [2.05, 4.69) is 23.9 Å². The van der Waals surface area contributed by atoms with Crippen LogP contribution in [0.1, 0.15) is 18.1 Å². The molecule has 18 heavy (non-hydrogen) atoms. The van der Waals surface area contributed by atoms with Gasteiger partial charge in [0.05, 0.1) is 6.10 Å². The summed E-state index contributed by atoms with van der Waals surface area (Å²) in [5, 5.41) is 10.2. The first-order valence-corrected chi connectivity index (χ1v) is 6.75. The number of hydrogen-bond acceptors (Lipinski definition) is 3. The second-order valence-electron chi connectivity index (χ2n) is 5.56. The Balaban J connectivity index is 1.78. The van der Waals surface area contributed by atoms with Gasteiger partial charge in [0, 0.05) is 19.6 Å². The molecule has 0 amide bonds. The number of aliphatic hydroxyl groups is 1. The summed E-state index contributed by atoms with van der Waals surface area (Å²) in [7, 11) is 4.28. The van der Waals surface area contributed by atoms with Gasteiger partial charge in [-0.3, -0.25) is 0 Å². The summed E-state index contributed by atoms with van der Waals surface area (Å²) < 4.78 is 0. The normalized spacial score (nSPS) is 22.6. The molecule has 3 nitrogen and oxygen atoms in total. The molecule has 1 aliphatic rings. The number of likely N-dealkylation sites (tertiary alicyclic amines) is 1. The van der Waals surface area contributed by atoms with E-state index in [4.69, 9.17) is 0 Å². The molecule has 1 fully saturated rings. The number of likely N-dealkylation sites (N-methyl/N-ethyl adjacent to an activating group) is 1. The third kappa shape index (κ3) is 3.80. The lowest BCUT2D eigenvalue weighted by Gasteiger charge is -2.23. The molecule has 1 aromatic carbocycles. The maximum atomic E-state index is 10.2. The van der Waals surface area contributed by atoms with Crippen molar-refractivity contribution < 1.29 is 5.11 Å². The molecule has 1 heterocycles. The fraction of sp³-hybridized carbons (Fsp3) is 0.600. The molecule has 0 aromatic heterocycles. The zero-order valence-electron chi connectivity index (χ0n) is 11.4. The summed E-state index contributed by atoms with van der Waals surface area (Å²) in [4.78, 5) is 4.63. The van der Waals surface area contributed by atoms with Crippen LogP contribution in [0.3, 0.4) is 0 Å². The lowest BCUT2D eigenvalue weighted by Crippen LogP contribution is -2.31. The second-order valence-corrected chi connectivity index (χ2v) is 5.56. The van der Waals surface area contributed by atoms with Crippen molar-refractivity contribution in [2.24, 2.45) is 5.92 Å². The van der Waals surface area contributed by atoms with E-state index in [-0.39, 0.29) is 6.10 Å². The molecule has 3 heteroatoms. The summed E-state index contributed by atoms with van der Waals surface area (Å²) in [5.74, 6) is 0.753. The highest BCUT2D eigenvalue weighted by Crippen LogP contribution is 2.17. The third-order valence-corrected chi connectivity index (χ3v) is 3.73. The van der Waals surface area contributed by atoms with Gasteiger partial charge in [0.15, 0.2) is 0 Å². The van der Waals surface area contributed by atoms with Gasteiger partial charge < -0.3 is 14.9 Å².